The molecule has 1 amide bonds. The number of carbonyl (C=O) groups excluding carboxylic acids is 1. The number of furan rings is 1. The van der Waals surface area contributed by atoms with Crippen LogP contribution in [0.4, 0.5) is 5.82 Å². The number of pyridine rings is 1. The lowest BCUT2D eigenvalue weighted by molar-refractivity contribution is -0.133. The highest BCUT2D eigenvalue weighted by Gasteiger charge is 2.48. The summed E-state index contributed by atoms with van der Waals surface area (Å²) in [5.41, 5.74) is -0.327. The van der Waals surface area contributed by atoms with Crippen molar-refractivity contribution < 1.29 is 9.21 Å². The Hall–Kier alpha value is -2.10. The summed E-state index contributed by atoms with van der Waals surface area (Å²) >= 11 is 0. The first-order valence-electron chi connectivity index (χ1n) is 10.2. The number of hydrogen-bond acceptors (Lipinski definition) is 3. The zero-order chi connectivity index (χ0) is 19.0. The maximum Gasteiger partial charge on any atom is 0.234 e. The van der Waals surface area contributed by atoms with Crippen LogP contribution in [0.2, 0.25) is 0 Å². The van der Waals surface area contributed by atoms with E-state index in [4.69, 9.17) is 4.42 Å². The van der Waals surface area contributed by atoms with Gasteiger partial charge in [-0.1, -0.05) is 19.9 Å². The smallest absolute Gasteiger partial charge is 0.234 e. The Morgan fingerprint density at radius 2 is 1.93 bits per heavy atom. The van der Waals surface area contributed by atoms with Gasteiger partial charge in [0.05, 0.1) is 12.3 Å². The van der Waals surface area contributed by atoms with Crippen molar-refractivity contribution in [1.82, 2.24) is 4.98 Å². The fourth-order valence-electron chi connectivity index (χ4n) is 5.69. The van der Waals surface area contributed by atoms with Crippen LogP contribution in [0.15, 0.2) is 47.2 Å². The standard InChI is InChI=1S/C23H30N2O2/c1-16-11-18-13-19(12-16)15-23(3,14-18)22(26)25(21-8-4-5-9-24-21)17(2)20-7-6-10-27-20/h4-10,16-19H,11-15H2,1-3H3/t16-,17?,18-,19?,23-/m0/s1. The van der Waals surface area contributed by atoms with Gasteiger partial charge in [-0.2, -0.15) is 0 Å². The van der Waals surface area contributed by atoms with E-state index >= 15 is 0 Å². The zero-order valence-corrected chi connectivity index (χ0v) is 16.6. The summed E-state index contributed by atoms with van der Waals surface area (Å²) in [5, 5.41) is 0. The molecule has 2 bridgehead atoms. The summed E-state index contributed by atoms with van der Waals surface area (Å²) in [6.45, 7) is 6.57. The first-order chi connectivity index (χ1) is 13.0. The molecule has 2 fully saturated rings. The maximum absolute atomic E-state index is 13.9. The number of nitrogens with zero attached hydrogens (tertiary/aromatic N) is 2. The molecular weight excluding hydrogens is 336 g/mol. The second-order valence-electron chi connectivity index (χ2n) is 9.07. The summed E-state index contributed by atoms with van der Waals surface area (Å²) in [4.78, 5) is 20.3. The second kappa shape index (κ2) is 7.14. The van der Waals surface area contributed by atoms with Crippen molar-refractivity contribution in [3.63, 3.8) is 0 Å². The molecule has 5 atom stereocenters. The molecule has 2 aromatic heterocycles. The number of aromatic nitrogens is 1. The topological polar surface area (TPSA) is 46.3 Å². The third kappa shape index (κ3) is 3.54. The van der Waals surface area contributed by atoms with Crippen LogP contribution in [0.1, 0.15) is 64.7 Å². The van der Waals surface area contributed by atoms with Gasteiger partial charge >= 0.3 is 0 Å². The molecule has 2 aromatic rings. The fourth-order valence-corrected chi connectivity index (χ4v) is 5.69. The number of anilines is 1. The second-order valence-corrected chi connectivity index (χ2v) is 9.07. The van der Waals surface area contributed by atoms with Crippen molar-refractivity contribution in [3.8, 4) is 0 Å². The van der Waals surface area contributed by atoms with Crippen LogP contribution in [0.3, 0.4) is 0 Å². The van der Waals surface area contributed by atoms with Crippen LogP contribution < -0.4 is 4.90 Å². The van der Waals surface area contributed by atoms with Crippen LogP contribution in [-0.4, -0.2) is 10.9 Å². The van der Waals surface area contributed by atoms with Gasteiger partial charge in [-0.3, -0.25) is 9.69 Å². The van der Waals surface area contributed by atoms with E-state index in [0.29, 0.717) is 17.7 Å². The van der Waals surface area contributed by atoms with Crippen molar-refractivity contribution >= 4 is 11.7 Å². The molecule has 4 nitrogen and oxygen atoms in total. The fraction of sp³-hybridized carbons (Fsp3) is 0.565. The van der Waals surface area contributed by atoms with E-state index in [9.17, 15) is 4.79 Å². The van der Waals surface area contributed by atoms with Crippen LogP contribution in [0.5, 0.6) is 0 Å². The van der Waals surface area contributed by atoms with E-state index < -0.39 is 0 Å². The zero-order valence-electron chi connectivity index (χ0n) is 16.6. The molecule has 0 N–H and O–H groups in total. The monoisotopic (exact) mass is 366 g/mol. The number of carbonyl (C=O) groups is 1. The van der Waals surface area contributed by atoms with E-state index in [-0.39, 0.29) is 17.4 Å². The van der Waals surface area contributed by atoms with Gasteiger partial charge in [-0.05, 0) is 81.0 Å². The molecule has 0 radical (unpaired) electrons. The average molecular weight is 367 g/mol. The Balaban J connectivity index is 1.66. The van der Waals surface area contributed by atoms with Crippen LogP contribution in [0.25, 0.3) is 0 Å². The molecule has 2 aliphatic rings. The Kier molecular flexibility index (Phi) is 4.83. The highest BCUT2D eigenvalue weighted by atomic mass is 16.3. The first-order valence-corrected chi connectivity index (χ1v) is 10.2. The van der Waals surface area contributed by atoms with Crippen LogP contribution in [0, 0.1) is 23.2 Å². The summed E-state index contributed by atoms with van der Waals surface area (Å²) in [6.07, 6.45) is 9.21. The Morgan fingerprint density at radius 3 is 2.52 bits per heavy atom. The molecule has 144 valence electrons. The van der Waals surface area contributed by atoms with Gasteiger partial charge in [0, 0.05) is 11.6 Å². The minimum absolute atomic E-state index is 0.181. The van der Waals surface area contributed by atoms with Gasteiger partial charge < -0.3 is 4.42 Å². The predicted molar refractivity (Wildman–Crippen MR) is 106 cm³/mol. The molecule has 0 saturated heterocycles. The molecule has 0 spiro atoms. The third-order valence-corrected chi connectivity index (χ3v) is 6.59. The molecule has 0 aliphatic heterocycles. The van der Waals surface area contributed by atoms with Crippen LogP contribution >= 0.6 is 0 Å². The SMILES string of the molecule is CC(c1ccco1)N(C(=O)[C@]1(C)CC2C[C@@H](C)C[C@@H](C2)C1)c1ccccn1. The molecule has 4 heteroatoms. The molecule has 2 aliphatic carbocycles. The molecule has 0 aromatic carbocycles. The average Bonchev–Trinajstić information content (AvgIpc) is 3.16. The van der Waals surface area contributed by atoms with Crippen molar-refractivity contribution in [2.45, 2.75) is 58.9 Å². The minimum Gasteiger partial charge on any atom is -0.467 e. The molecule has 27 heavy (non-hydrogen) atoms. The molecule has 4 rings (SSSR count). The number of amides is 1. The minimum atomic E-state index is -0.327. The summed E-state index contributed by atoms with van der Waals surface area (Å²) in [5.74, 6) is 3.83. The van der Waals surface area contributed by atoms with Gasteiger partial charge in [-0.25, -0.2) is 4.98 Å². The number of hydrogen-bond donors (Lipinski definition) is 0. The maximum atomic E-state index is 13.9. The van der Waals surface area contributed by atoms with Crippen molar-refractivity contribution in [2.24, 2.45) is 23.2 Å². The summed E-state index contributed by atoms with van der Waals surface area (Å²) < 4.78 is 5.64. The van der Waals surface area contributed by atoms with Crippen molar-refractivity contribution in [2.75, 3.05) is 4.90 Å². The Morgan fingerprint density at radius 1 is 1.19 bits per heavy atom. The van der Waals surface area contributed by atoms with Gasteiger partial charge in [-0.15, -0.1) is 0 Å². The molecular formula is C23H30N2O2. The summed E-state index contributed by atoms with van der Waals surface area (Å²) in [6, 6.07) is 9.38. The van der Waals surface area contributed by atoms with E-state index in [1.54, 1.807) is 12.5 Å². The van der Waals surface area contributed by atoms with E-state index in [0.717, 1.165) is 24.5 Å². The van der Waals surface area contributed by atoms with Gasteiger partial charge in [0.1, 0.15) is 11.6 Å². The lowest BCUT2D eigenvalue weighted by Gasteiger charge is -2.48. The first kappa shape index (κ1) is 18.3. The lowest BCUT2D eigenvalue weighted by atomic mass is 9.59. The van der Waals surface area contributed by atoms with Crippen molar-refractivity contribution in [1.29, 1.82) is 0 Å². The van der Waals surface area contributed by atoms with Gasteiger partial charge in [0.2, 0.25) is 5.91 Å². The highest BCUT2D eigenvalue weighted by Crippen LogP contribution is 2.51. The van der Waals surface area contributed by atoms with Gasteiger partial charge in [0.25, 0.3) is 0 Å². The van der Waals surface area contributed by atoms with E-state index in [1.165, 1.54) is 19.3 Å². The number of rotatable bonds is 4. The lowest BCUT2D eigenvalue weighted by Crippen LogP contribution is -2.49. The molecule has 2 heterocycles. The molecule has 2 unspecified atom stereocenters. The van der Waals surface area contributed by atoms with Gasteiger partial charge in [0.15, 0.2) is 0 Å². The van der Waals surface area contributed by atoms with Crippen molar-refractivity contribution in [3.05, 3.63) is 48.6 Å². The normalized spacial score (nSPS) is 31.3. The van der Waals surface area contributed by atoms with Crippen LogP contribution in [-0.2, 0) is 4.79 Å². The third-order valence-electron chi connectivity index (χ3n) is 6.59. The summed E-state index contributed by atoms with van der Waals surface area (Å²) in [7, 11) is 0. The largest absolute Gasteiger partial charge is 0.467 e. The Bertz CT molecular complexity index is 753. The Labute approximate surface area is 162 Å². The number of fused-ring (bicyclic) bond motifs is 2. The van der Waals surface area contributed by atoms with E-state index in [2.05, 4.69) is 18.8 Å². The van der Waals surface area contributed by atoms with E-state index in [1.807, 2.05) is 42.2 Å². The predicted octanol–water partition coefficient (Wildman–Crippen LogP) is 5.62. The quantitative estimate of drug-likeness (QED) is 0.705. The highest BCUT2D eigenvalue weighted by molar-refractivity contribution is 5.97. The molecule has 2 saturated carbocycles.